The van der Waals surface area contributed by atoms with Gasteiger partial charge in [-0.15, -0.1) is 0 Å². The number of hydrogen-bond acceptors (Lipinski definition) is 21. The normalized spacial score (nSPS) is 10.9. The fourth-order valence-corrected chi connectivity index (χ4v) is 9.73. The van der Waals surface area contributed by atoms with Crippen molar-refractivity contribution in [3.8, 4) is 51.7 Å². The maximum atomic E-state index is 11.9. The topological polar surface area (TPSA) is 316 Å². The number of methoxy groups -OCH3 is 2. The summed E-state index contributed by atoms with van der Waals surface area (Å²) in [5.74, 6) is 2.23. The van der Waals surface area contributed by atoms with Gasteiger partial charge in [-0.1, -0.05) is 161 Å². The van der Waals surface area contributed by atoms with E-state index in [1.54, 1.807) is 70.5 Å². The Kier molecular flexibility index (Phi) is 55.3. The average Bonchev–Trinajstić information content (AvgIpc) is 0.811. The molecule has 0 bridgehead atoms. The largest absolute Gasteiger partial charge is 0.507 e. The lowest BCUT2D eigenvalue weighted by molar-refractivity contribution is -0.164. The molecule has 0 aliphatic heterocycles. The molecule has 0 saturated heterocycles. The zero-order valence-electron chi connectivity index (χ0n) is 60.1. The van der Waals surface area contributed by atoms with E-state index >= 15 is 0 Å². The molecule has 0 fully saturated rings. The molecule has 7 rings (SSSR count). The summed E-state index contributed by atoms with van der Waals surface area (Å²) in [5.41, 5.74) is 9.01. The number of benzene rings is 7. The monoisotopic (exact) mass is 1520 g/mol. The lowest BCUT2D eigenvalue weighted by Gasteiger charge is -2.20. The molecule has 0 aromatic heterocycles. The average molecular weight is 1520 g/mol. The van der Waals surface area contributed by atoms with Gasteiger partial charge in [-0.3, -0.25) is 9.59 Å². The van der Waals surface area contributed by atoms with E-state index in [-0.39, 0.29) is 152 Å². The molecule has 7 aromatic rings. The van der Waals surface area contributed by atoms with E-state index in [1.807, 2.05) is 89.2 Å². The van der Waals surface area contributed by atoms with E-state index in [0.717, 1.165) is 52.8 Å². The Bertz CT molecular complexity index is 3590. The Morgan fingerprint density at radius 2 is 0.787 bits per heavy atom. The molecule has 21 nitrogen and oxygen atoms in total. The molecule has 7 aromatic carbocycles. The molecular weight excluding hydrogens is 1380 g/mol. The third-order valence-corrected chi connectivity index (χ3v) is 16.8. The SMILES string of the molecule is C.C.C.C.C.C.C.C.CCC(C)(C)C(=O)OCC(=O)OCCOc1c(COC)cc(C)cc1COC.CCC(C)C(=O)Oc1ccc(OCc2cc(C)cc(CO)c2O)cc1.CCC(C)c1ccc(OCc2cc(CO)c(O)c(CO)c2)cc1.CCC(C)c1ccc(OCc2cc(CO)c(O)c(CO)c2O)cc1. The lowest BCUT2D eigenvalue weighted by Crippen LogP contribution is -2.28. The molecule has 0 radical (unpaired) electrons. The third kappa shape index (κ3) is 33.7. The van der Waals surface area contributed by atoms with Gasteiger partial charge in [0, 0.05) is 58.7 Å². The molecule has 610 valence electrons. The molecule has 0 amide bonds. The second-order valence-corrected chi connectivity index (χ2v) is 24.8. The highest BCUT2D eigenvalue weighted by molar-refractivity contribution is 5.79. The lowest BCUT2D eigenvalue weighted by atomic mass is 9.91. The summed E-state index contributed by atoms with van der Waals surface area (Å²) in [6.07, 6.45) is 3.52. The number of ether oxygens (including phenoxy) is 9. The van der Waals surface area contributed by atoms with Gasteiger partial charge in [0.2, 0.25) is 0 Å². The molecule has 108 heavy (non-hydrogen) atoms. The summed E-state index contributed by atoms with van der Waals surface area (Å²) in [6.45, 7) is 21.2. The first-order valence-corrected chi connectivity index (χ1v) is 33.5. The zero-order valence-corrected chi connectivity index (χ0v) is 60.1. The smallest absolute Gasteiger partial charge is 0.344 e. The fraction of sp³-hybridized carbons (Fsp3) is 0.483. The molecule has 21 heteroatoms. The van der Waals surface area contributed by atoms with Crippen molar-refractivity contribution in [3.63, 3.8) is 0 Å². The van der Waals surface area contributed by atoms with Crippen molar-refractivity contribution in [1.82, 2.24) is 0 Å². The van der Waals surface area contributed by atoms with Crippen molar-refractivity contribution in [3.05, 3.63) is 193 Å². The number of carbonyl (C=O) groups excluding carboxylic acids is 3. The first-order valence-electron chi connectivity index (χ1n) is 33.5. The van der Waals surface area contributed by atoms with E-state index in [1.165, 1.54) is 17.2 Å². The summed E-state index contributed by atoms with van der Waals surface area (Å²) in [4.78, 5) is 35.4. The highest BCUT2D eigenvalue weighted by Gasteiger charge is 2.28. The van der Waals surface area contributed by atoms with Gasteiger partial charge < -0.3 is 88.6 Å². The first-order chi connectivity index (χ1) is 47.8. The van der Waals surface area contributed by atoms with Gasteiger partial charge in [0.15, 0.2) is 6.61 Å². The van der Waals surface area contributed by atoms with Gasteiger partial charge in [0.05, 0.1) is 63.1 Å². The van der Waals surface area contributed by atoms with Crippen LogP contribution in [0.5, 0.6) is 51.7 Å². The van der Waals surface area contributed by atoms with Crippen LogP contribution < -0.4 is 23.7 Å². The van der Waals surface area contributed by atoms with E-state index < -0.39 is 37.2 Å². The predicted molar refractivity (Wildman–Crippen MR) is 433 cm³/mol. The summed E-state index contributed by atoms with van der Waals surface area (Å²) in [6, 6.07) is 34.9. The third-order valence-electron chi connectivity index (χ3n) is 16.8. The number of phenols is 4. The molecule has 3 unspecified atom stereocenters. The summed E-state index contributed by atoms with van der Waals surface area (Å²) in [5, 5.41) is 86.3. The number of aromatic hydroxyl groups is 4. The Labute approximate surface area is 647 Å². The van der Waals surface area contributed by atoms with Crippen molar-refractivity contribution in [2.24, 2.45) is 11.3 Å². The van der Waals surface area contributed by atoms with Crippen LogP contribution in [0.3, 0.4) is 0 Å². The number of rotatable bonds is 33. The van der Waals surface area contributed by atoms with Crippen molar-refractivity contribution in [1.29, 1.82) is 0 Å². The first kappa shape index (κ1) is 108. The maximum Gasteiger partial charge on any atom is 0.344 e. The Balaban J connectivity index is -0.000000427. The van der Waals surface area contributed by atoms with Crippen LogP contribution in [-0.4, -0.2) is 97.9 Å². The van der Waals surface area contributed by atoms with Gasteiger partial charge in [-0.05, 0) is 155 Å². The number of hydrogen-bond donors (Lipinski definition) is 9. The van der Waals surface area contributed by atoms with E-state index in [4.69, 9.17) is 42.6 Å². The number of aryl methyl sites for hydroxylation is 2. The molecule has 0 aliphatic carbocycles. The van der Waals surface area contributed by atoms with Crippen LogP contribution >= 0.6 is 0 Å². The Morgan fingerprint density at radius 1 is 0.417 bits per heavy atom. The molecule has 0 spiro atoms. The number of esters is 3. The van der Waals surface area contributed by atoms with Crippen molar-refractivity contribution in [2.75, 3.05) is 34.0 Å². The fourth-order valence-electron chi connectivity index (χ4n) is 9.73. The van der Waals surface area contributed by atoms with Crippen LogP contribution in [0.1, 0.15) is 237 Å². The van der Waals surface area contributed by atoms with E-state index in [0.29, 0.717) is 88.9 Å². The summed E-state index contributed by atoms with van der Waals surface area (Å²) in [7, 11) is 3.23. The molecule has 0 saturated carbocycles. The minimum Gasteiger partial charge on any atom is -0.507 e. The Morgan fingerprint density at radius 3 is 1.19 bits per heavy atom. The van der Waals surface area contributed by atoms with Crippen LogP contribution in [0.4, 0.5) is 0 Å². The summed E-state index contributed by atoms with van der Waals surface area (Å²) >= 11 is 0. The number of carbonyl (C=O) groups is 3. The maximum absolute atomic E-state index is 11.9. The molecular formula is C87H136O21. The molecule has 9 N–H and O–H groups in total. The van der Waals surface area contributed by atoms with Crippen LogP contribution in [0, 0.1) is 25.2 Å². The highest BCUT2D eigenvalue weighted by atomic mass is 16.6. The standard InChI is InChI=1S/C21H32O7.C20H24O5.C19H24O5.C19H24O4.8CH4/c1-7-21(3,4)20(23)28-14-18(22)26-8-9-27-19-16(12-24-5)10-15(2)11-17(19)13-25-6;1-4-14(3)20(23)25-18-7-5-17(6-8-18)24-12-16-10-13(2)9-15(11-21)19(16)22;1-3-12(2)13-4-6-16(7-5-13)24-11-15-8-14(9-20)18(22)17(10-21)19(15)23;1-3-13(2)15-4-6-18(7-5-15)23-12-14-8-16(10-20)19(22)17(9-14)11-21;;;;;;;;/h10-11H,7-9,12-14H2,1-6H3;5-10,14,21-22H,4,11-12H2,1-3H3;4-8,12,20-23H,3,9-11H2,1-2H3;4-9,13,20-22H,3,10-12H2,1-2H3;8*1H4. The van der Waals surface area contributed by atoms with Crippen LogP contribution in [-0.2, 0) is 99.4 Å². The molecule has 0 aliphatic rings. The number of aliphatic hydroxyl groups is 5. The Hall–Kier alpha value is -8.93. The zero-order chi connectivity index (χ0) is 74.1. The number of aliphatic hydroxyl groups excluding tert-OH is 5. The van der Waals surface area contributed by atoms with Gasteiger partial charge in [-0.2, -0.15) is 0 Å². The van der Waals surface area contributed by atoms with Crippen molar-refractivity contribution in [2.45, 2.75) is 239 Å². The highest BCUT2D eigenvalue weighted by Crippen LogP contribution is 2.36. The minimum absolute atomic E-state index is 0. The van der Waals surface area contributed by atoms with Gasteiger partial charge in [-0.25, -0.2) is 4.79 Å². The van der Waals surface area contributed by atoms with Crippen LogP contribution in [0.15, 0.2) is 115 Å². The second kappa shape index (κ2) is 55.5. The van der Waals surface area contributed by atoms with Crippen molar-refractivity contribution >= 4 is 17.9 Å². The van der Waals surface area contributed by atoms with Crippen LogP contribution in [0.25, 0.3) is 0 Å². The quantitative estimate of drug-likeness (QED) is 0.0105. The van der Waals surface area contributed by atoms with E-state index in [9.17, 15) is 60.3 Å². The van der Waals surface area contributed by atoms with E-state index in [2.05, 4.69) is 39.8 Å². The minimum atomic E-state index is -0.621. The van der Waals surface area contributed by atoms with Gasteiger partial charge in [0.1, 0.15) is 84.8 Å². The van der Waals surface area contributed by atoms with Crippen molar-refractivity contribution < 1.29 is 103 Å². The summed E-state index contributed by atoms with van der Waals surface area (Å²) < 4.78 is 48.8. The predicted octanol–water partition coefficient (Wildman–Crippen LogP) is 18.6. The van der Waals surface area contributed by atoms with Crippen LogP contribution in [0.2, 0.25) is 0 Å². The van der Waals surface area contributed by atoms with Gasteiger partial charge >= 0.3 is 17.9 Å². The van der Waals surface area contributed by atoms with Gasteiger partial charge in [0.25, 0.3) is 0 Å². The molecule has 3 atom stereocenters. The molecule has 0 heterocycles. The second-order valence-electron chi connectivity index (χ2n) is 24.8.